The lowest BCUT2D eigenvalue weighted by molar-refractivity contribution is 0.0527. The highest BCUT2D eigenvalue weighted by Crippen LogP contribution is 2.26. The molecule has 5 nitrogen and oxygen atoms in total. The van der Waals surface area contributed by atoms with E-state index >= 15 is 0 Å². The molecule has 19 heavy (non-hydrogen) atoms. The molecule has 0 spiro atoms. The first-order chi connectivity index (χ1) is 8.90. The van der Waals surface area contributed by atoms with Gasteiger partial charge in [0, 0.05) is 19.3 Å². The van der Waals surface area contributed by atoms with Crippen LogP contribution in [0.2, 0.25) is 0 Å². The first-order valence-corrected chi connectivity index (χ1v) is 6.54. The maximum absolute atomic E-state index is 11.8. The summed E-state index contributed by atoms with van der Waals surface area (Å²) in [7, 11) is 1.93. The van der Waals surface area contributed by atoms with E-state index in [1.807, 2.05) is 11.9 Å². The topological polar surface area (TPSA) is 68.5 Å². The molecule has 0 aliphatic heterocycles. The van der Waals surface area contributed by atoms with Crippen LogP contribution in [0.15, 0.2) is 12.3 Å². The van der Waals surface area contributed by atoms with E-state index < -0.39 is 5.97 Å². The highest BCUT2D eigenvalue weighted by molar-refractivity contribution is 5.97. The van der Waals surface area contributed by atoms with Crippen LogP contribution >= 0.6 is 0 Å². The first-order valence-electron chi connectivity index (χ1n) is 6.54. The lowest BCUT2D eigenvalue weighted by atomic mass is 10.0. The third-order valence-corrected chi connectivity index (χ3v) is 3.37. The zero-order chi connectivity index (χ0) is 14.6. The Kier molecular flexibility index (Phi) is 5.15. The van der Waals surface area contributed by atoms with E-state index in [4.69, 9.17) is 10.5 Å². The Morgan fingerprint density at radius 2 is 2.11 bits per heavy atom. The molecule has 0 saturated heterocycles. The molecule has 1 rings (SSSR count). The number of anilines is 2. The second-order valence-electron chi connectivity index (χ2n) is 4.91. The average molecular weight is 265 g/mol. The summed E-state index contributed by atoms with van der Waals surface area (Å²) in [5.74, 6) is 0.665. The Labute approximate surface area is 114 Å². The Balaban J connectivity index is 3.10. The SMILES string of the molecule is CCOC(=O)c1ccnc(N(C)C(C)C(C)C)c1N. The number of carbonyl (C=O) groups is 1. The largest absolute Gasteiger partial charge is 0.462 e. The smallest absolute Gasteiger partial charge is 0.340 e. The van der Waals surface area contributed by atoms with Crippen LogP contribution < -0.4 is 10.6 Å². The first kappa shape index (κ1) is 15.3. The minimum atomic E-state index is -0.408. The molecule has 0 saturated carbocycles. The molecule has 1 atom stereocenters. The molecule has 0 fully saturated rings. The van der Waals surface area contributed by atoms with Crippen LogP contribution in [0, 0.1) is 5.92 Å². The Bertz CT molecular complexity index is 446. The van der Waals surface area contributed by atoms with Crippen LogP contribution in [0.5, 0.6) is 0 Å². The summed E-state index contributed by atoms with van der Waals surface area (Å²) in [5, 5.41) is 0. The normalized spacial score (nSPS) is 12.3. The van der Waals surface area contributed by atoms with Crippen molar-refractivity contribution in [2.45, 2.75) is 33.7 Å². The molecule has 2 N–H and O–H groups in total. The van der Waals surface area contributed by atoms with Gasteiger partial charge in [-0.15, -0.1) is 0 Å². The second-order valence-corrected chi connectivity index (χ2v) is 4.91. The summed E-state index contributed by atoms with van der Waals surface area (Å²) >= 11 is 0. The van der Waals surface area contributed by atoms with Crippen molar-refractivity contribution in [2.24, 2.45) is 5.92 Å². The van der Waals surface area contributed by atoms with Crippen molar-refractivity contribution < 1.29 is 9.53 Å². The highest BCUT2D eigenvalue weighted by atomic mass is 16.5. The predicted molar refractivity (Wildman–Crippen MR) is 77.3 cm³/mol. The van der Waals surface area contributed by atoms with E-state index in [9.17, 15) is 4.79 Å². The van der Waals surface area contributed by atoms with E-state index in [0.717, 1.165) is 0 Å². The summed E-state index contributed by atoms with van der Waals surface area (Å²) in [6.07, 6.45) is 1.58. The van der Waals surface area contributed by atoms with Gasteiger partial charge in [0.2, 0.25) is 0 Å². The van der Waals surface area contributed by atoms with Crippen molar-refractivity contribution in [2.75, 3.05) is 24.3 Å². The van der Waals surface area contributed by atoms with Crippen molar-refractivity contribution in [3.8, 4) is 0 Å². The fraction of sp³-hybridized carbons (Fsp3) is 0.571. The van der Waals surface area contributed by atoms with Gasteiger partial charge in [-0.3, -0.25) is 0 Å². The predicted octanol–water partition coefficient (Wildman–Crippen LogP) is 2.32. The van der Waals surface area contributed by atoms with Crippen molar-refractivity contribution in [3.05, 3.63) is 17.8 Å². The summed E-state index contributed by atoms with van der Waals surface area (Å²) in [6, 6.07) is 1.86. The maximum Gasteiger partial charge on any atom is 0.340 e. The maximum atomic E-state index is 11.8. The molecular formula is C14H23N3O2. The molecule has 0 radical (unpaired) electrons. The minimum Gasteiger partial charge on any atom is -0.462 e. The number of hydrogen-bond acceptors (Lipinski definition) is 5. The van der Waals surface area contributed by atoms with Crippen LogP contribution in [0.1, 0.15) is 38.1 Å². The van der Waals surface area contributed by atoms with Crippen LogP contribution in [-0.4, -0.2) is 30.6 Å². The molecule has 0 aliphatic rings. The number of rotatable bonds is 5. The van der Waals surface area contributed by atoms with Gasteiger partial charge in [-0.25, -0.2) is 9.78 Å². The molecular weight excluding hydrogens is 242 g/mol. The molecule has 1 heterocycles. The van der Waals surface area contributed by atoms with Crippen molar-refractivity contribution in [3.63, 3.8) is 0 Å². The zero-order valence-electron chi connectivity index (χ0n) is 12.3. The van der Waals surface area contributed by atoms with Gasteiger partial charge < -0.3 is 15.4 Å². The van der Waals surface area contributed by atoms with Gasteiger partial charge in [0.25, 0.3) is 0 Å². The van der Waals surface area contributed by atoms with Crippen molar-refractivity contribution >= 4 is 17.5 Å². The number of carbonyl (C=O) groups excluding carboxylic acids is 1. The van der Waals surface area contributed by atoms with Crippen LogP contribution in [-0.2, 0) is 4.74 Å². The quantitative estimate of drug-likeness (QED) is 0.827. The van der Waals surface area contributed by atoms with E-state index in [0.29, 0.717) is 29.6 Å². The fourth-order valence-electron chi connectivity index (χ4n) is 1.77. The third-order valence-electron chi connectivity index (χ3n) is 3.37. The molecule has 1 aromatic rings. The number of nitrogen functional groups attached to an aromatic ring is 1. The van der Waals surface area contributed by atoms with Crippen LogP contribution in [0.4, 0.5) is 11.5 Å². The molecule has 0 aliphatic carbocycles. The summed E-state index contributed by atoms with van der Waals surface area (Å²) in [4.78, 5) is 18.1. The number of pyridine rings is 1. The number of nitrogens with two attached hydrogens (primary N) is 1. The van der Waals surface area contributed by atoms with Crippen LogP contribution in [0.3, 0.4) is 0 Å². The standard InChI is InChI=1S/C14H23N3O2/c1-6-19-14(18)11-7-8-16-13(12(11)15)17(5)10(4)9(2)3/h7-10H,6,15H2,1-5H3. The Hall–Kier alpha value is -1.78. The van der Waals surface area contributed by atoms with Gasteiger partial charge in [0.15, 0.2) is 5.82 Å². The molecule has 0 bridgehead atoms. The van der Waals surface area contributed by atoms with Gasteiger partial charge >= 0.3 is 5.97 Å². The van der Waals surface area contributed by atoms with Gasteiger partial charge in [0.05, 0.1) is 17.9 Å². The molecule has 106 valence electrons. The lowest BCUT2D eigenvalue weighted by Crippen LogP contribution is -2.34. The van der Waals surface area contributed by atoms with Gasteiger partial charge in [0.1, 0.15) is 0 Å². The monoisotopic (exact) mass is 265 g/mol. The molecule has 1 unspecified atom stereocenters. The average Bonchev–Trinajstić information content (AvgIpc) is 2.37. The molecule has 0 amide bonds. The second kappa shape index (κ2) is 6.41. The lowest BCUT2D eigenvalue weighted by Gasteiger charge is -2.30. The van der Waals surface area contributed by atoms with Crippen LogP contribution in [0.25, 0.3) is 0 Å². The minimum absolute atomic E-state index is 0.271. The van der Waals surface area contributed by atoms with E-state index in [-0.39, 0.29) is 6.04 Å². The zero-order valence-corrected chi connectivity index (χ0v) is 12.3. The molecule has 1 aromatic heterocycles. The number of hydrogen-bond donors (Lipinski definition) is 1. The van der Waals surface area contributed by atoms with Gasteiger partial charge in [-0.1, -0.05) is 13.8 Å². The Morgan fingerprint density at radius 1 is 1.47 bits per heavy atom. The van der Waals surface area contributed by atoms with E-state index in [2.05, 4.69) is 25.8 Å². The van der Waals surface area contributed by atoms with Gasteiger partial charge in [-0.2, -0.15) is 0 Å². The number of esters is 1. The number of nitrogens with zero attached hydrogens (tertiary/aromatic N) is 2. The summed E-state index contributed by atoms with van der Waals surface area (Å²) in [5.41, 5.74) is 6.79. The molecule has 5 heteroatoms. The fourth-order valence-corrected chi connectivity index (χ4v) is 1.77. The van der Waals surface area contributed by atoms with Crippen molar-refractivity contribution in [1.82, 2.24) is 4.98 Å². The van der Waals surface area contributed by atoms with Gasteiger partial charge in [-0.05, 0) is 25.8 Å². The van der Waals surface area contributed by atoms with E-state index in [1.165, 1.54) is 0 Å². The molecule has 0 aromatic carbocycles. The summed E-state index contributed by atoms with van der Waals surface area (Å²) in [6.45, 7) is 8.46. The number of aromatic nitrogens is 1. The van der Waals surface area contributed by atoms with Crippen molar-refractivity contribution in [1.29, 1.82) is 0 Å². The Morgan fingerprint density at radius 3 is 2.63 bits per heavy atom. The third kappa shape index (κ3) is 3.36. The number of ether oxygens (including phenoxy) is 1. The summed E-state index contributed by atoms with van der Waals surface area (Å²) < 4.78 is 4.99. The highest BCUT2D eigenvalue weighted by Gasteiger charge is 2.21. The van der Waals surface area contributed by atoms with E-state index in [1.54, 1.807) is 19.2 Å².